The van der Waals surface area contributed by atoms with E-state index in [1.54, 1.807) is 38.1 Å². The minimum absolute atomic E-state index is 0.148. The highest BCUT2D eigenvalue weighted by atomic mass is 19.1. The van der Waals surface area contributed by atoms with Gasteiger partial charge in [0.2, 0.25) is 13.1 Å². The third-order valence-electron chi connectivity index (χ3n) is 7.00. The second kappa shape index (κ2) is 11.9. The zero-order valence-electron chi connectivity index (χ0n) is 22.7. The zero-order chi connectivity index (χ0) is 29.9. The van der Waals surface area contributed by atoms with Gasteiger partial charge in [-0.05, 0) is 54.6 Å². The van der Waals surface area contributed by atoms with Gasteiger partial charge in [0.05, 0.1) is 18.3 Å². The molecule has 3 heterocycles. The first-order valence-electron chi connectivity index (χ1n) is 13.0. The lowest BCUT2D eigenvalue weighted by molar-refractivity contribution is -0.728. The third-order valence-corrected chi connectivity index (χ3v) is 7.00. The van der Waals surface area contributed by atoms with Crippen molar-refractivity contribution in [2.75, 3.05) is 24.6 Å². The van der Waals surface area contributed by atoms with Crippen molar-refractivity contribution in [3.8, 4) is 5.69 Å². The molecule has 2 aromatic heterocycles. The van der Waals surface area contributed by atoms with Crippen LogP contribution in [0.2, 0.25) is 0 Å². The fourth-order valence-electron chi connectivity index (χ4n) is 4.80. The molecule has 14 nitrogen and oxygen atoms in total. The molecular formula is C26H28F2N9O5+. The molecule has 1 saturated heterocycles. The molecule has 0 unspecified atom stereocenters. The van der Waals surface area contributed by atoms with Crippen molar-refractivity contribution in [2.24, 2.45) is 0 Å². The molecule has 0 spiro atoms. The third kappa shape index (κ3) is 5.74. The Morgan fingerprint density at radius 2 is 1.90 bits per heavy atom. The fraction of sp³-hybridized carbons (Fsp3) is 0.346. The van der Waals surface area contributed by atoms with E-state index in [4.69, 9.17) is 9.47 Å². The summed E-state index contributed by atoms with van der Waals surface area (Å²) >= 11 is 0. The van der Waals surface area contributed by atoms with Gasteiger partial charge >= 0.3 is 12.2 Å². The van der Waals surface area contributed by atoms with Gasteiger partial charge in [-0.1, -0.05) is 6.07 Å². The highest BCUT2D eigenvalue weighted by Crippen LogP contribution is 2.35. The van der Waals surface area contributed by atoms with E-state index in [0.717, 1.165) is 12.1 Å². The molecular weight excluding hydrogens is 556 g/mol. The predicted octanol–water partition coefficient (Wildman–Crippen LogP) is 1.77. The summed E-state index contributed by atoms with van der Waals surface area (Å²) in [6, 6.07) is 8.48. The molecule has 220 valence electrons. The van der Waals surface area contributed by atoms with Gasteiger partial charge in [-0.3, -0.25) is 4.90 Å². The number of nitrogens with zero attached hydrogens (tertiary/aromatic N) is 9. The molecule has 1 aliphatic rings. The first-order valence-corrected chi connectivity index (χ1v) is 13.0. The lowest BCUT2D eigenvalue weighted by Gasteiger charge is -2.38. The van der Waals surface area contributed by atoms with E-state index in [0.29, 0.717) is 24.0 Å². The molecule has 0 saturated carbocycles. The number of aliphatic hydroxyl groups is 1. The summed E-state index contributed by atoms with van der Waals surface area (Å²) in [4.78, 5) is 28.1. The summed E-state index contributed by atoms with van der Waals surface area (Å²) in [5, 5.41) is 27.3. The number of urea groups is 1. The number of tetrazole rings is 1. The van der Waals surface area contributed by atoms with Gasteiger partial charge in [-0.25, -0.2) is 27.6 Å². The summed E-state index contributed by atoms with van der Waals surface area (Å²) in [6.07, 6.45) is 3.36. The summed E-state index contributed by atoms with van der Waals surface area (Å²) in [5.74, 6) is -1.79. The summed E-state index contributed by atoms with van der Waals surface area (Å²) < 4.78 is 42.8. The maximum Gasteiger partial charge on any atom is 0.510 e. The second-order valence-electron chi connectivity index (χ2n) is 9.54. The number of benzene rings is 2. The molecule has 0 bridgehead atoms. The van der Waals surface area contributed by atoms with E-state index in [1.165, 1.54) is 42.7 Å². The average Bonchev–Trinajstić information content (AvgIpc) is 3.74. The summed E-state index contributed by atoms with van der Waals surface area (Å²) in [6.45, 7) is 3.38. The van der Waals surface area contributed by atoms with Gasteiger partial charge in [-0.15, -0.1) is 9.78 Å². The highest BCUT2D eigenvalue weighted by Gasteiger charge is 2.47. The van der Waals surface area contributed by atoms with Crippen LogP contribution in [0.1, 0.15) is 19.4 Å². The first-order chi connectivity index (χ1) is 20.2. The standard InChI is InChI=1S/C26H28F2N9O5/c1-3-41-25(39)42-17-33-15-30-34(16-33)13-26(40,22-9-4-19(27)12-23(22)28)18(2)35-10-11-36(24(35)38)20-5-7-21(8-6-20)37-14-29-31-32-37/h4-9,12,14-16,18,40H,3,10-11,13,17H2,1-2H3/q+1/t18-,26+/m1/s1. The highest BCUT2D eigenvalue weighted by molar-refractivity contribution is 5.94. The molecule has 4 aromatic rings. The van der Waals surface area contributed by atoms with Gasteiger partial charge in [0.1, 0.15) is 30.1 Å². The topological polar surface area (TPSA) is 145 Å². The van der Waals surface area contributed by atoms with Crippen molar-refractivity contribution >= 4 is 17.9 Å². The summed E-state index contributed by atoms with van der Waals surface area (Å²) in [5.41, 5.74) is -0.943. The number of halogens is 2. The van der Waals surface area contributed by atoms with E-state index in [-0.39, 0.29) is 32.0 Å². The Kier molecular flexibility index (Phi) is 8.06. The van der Waals surface area contributed by atoms with Crippen molar-refractivity contribution < 1.29 is 37.5 Å². The van der Waals surface area contributed by atoms with Crippen LogP contribution in [0.5, 0.6) is 0 Å². The maximum atomic E-state index is 15.1. The number of hydrogen-bond acceptors (Lipinski definition) is 9. The molecule has 0 aliphatic carbocycles. The molecule has 2 aromatic carbocycles. The minimum Gasteiger partial charge on any atom is -0.435 e. The van der Waals surface area contributed by atoms with Crippen molar-refractivity contribution in [2.45, 2.75) is 38.8 Å². The van der Waals surface area contributed by atoms with Crippen LogP contribution in [0.15, 0.2) is 61.4 Å². The van der Waals surface area contributed by atoms with Crippen LogP contribution >= 0.6 is 0 Å². The molecule has 1 aliphatic heterocycles. The number of hydrogen-bond donors (Lipinski definition) is 1. The molecule has 1 N–H and O–H groups in total. The maximum absolute atomic E-state index is 15.1. The molecule has 5 rings (SSSR count). The summed E-state index contributed by atoms with van der Waals surface area (Å²) in [7, 11) is 0. The van der Waals surface area contributed by atoms with Gasteiger partial charge < -0.3 is 19.5 Å². The number of anilines is 1. The number of aromatic nitrogens is 7. The molecule has 16 heteroatoms. The minimum atomic E-state index is -2.04. The number of amides is 2. The lowest BCUT2D eigenvalue weighted by atomic mass is 9.85. The van der Waals surface area contributed by atoms with Crippen LogP contribution in [0.4, 0.5) is 24.1 Å². The van der Waals surface area contributed by atoms with Gasteiger partial charge in [-0.2, -0.15) is 0 Å². The van der Waals surface area contributed by atoms with Crippen molar-refractivity contribution in [1.82, 2.24) is 34.9 Å². The van der Waals surface area contributed by atoms with E-state index in [9.17, 15) is 19.1 Å². The lowest BCUT2D eigenvalue weighted by Crippen LogP contribution is -2.53. The number of rotatable bonds is 10. The Morgan fingerprint density at radius 3 is 2.60 bits per heavy atom. The fourth-order valence-corrected chi connectivity index (χ4v) is 4.80. The Morgan fingerprint density at radius 1 is 1.14 bits per heavy atom. The van der Waals surface area contributed by atoms with Crippen molar-refractivity contribution in [3.63, 3.8) is 0 Å². The molecule has 42 heavy (non-hydrogen) atoms. The Bertz CT molecular complexity index is 1550. The molecule has 0 radical (unpaired) electrons. The van der Waals surface area contributed by atoms with Crippen LogP contribution in [0, 0.1) is 11.6 Å². The number of ether oxygens (including phenoxy) is 2. The Balaban J connectivity index is 1.38. The Labute approximate surface area is 238 Å². The molecule has 1 fully saturated rings. The van der Waals surface area contributed by atoms with E-state index < -0.39 is 35.5 Å². The molecule has 2 atom stereocenters. The van der Waals surface area contributed by atoms with Crippen LogP contribution in [-0.2, 0) is 28.4 Å². The van der Waals surface area contributed by atoms with E-state index >= 15 is 4.39 Å². The van der Waals surface area contributed by atoms with Crippen LogP contribution < -0.4 is 9.47 Å². The first kappa shape index (κ1) is 28.5. The largest absolute Gasteiger partial charge is 0.510 e. The number of carbonyl (C=O) groups excluding carboxylic acids is 2. The van der Waals surface area contributed by atoms with Crippen molar-refractivity contribution in [3.05, 3.63) is 78.6 Å². The zero-order valence-corrected chi connectivity index (χ0v) is 22.7. The predicted molar refractivity (Wildman–Crippen MR) is 139 cm³/mol. The average molecular weight is 585 g/mol. The monoisotopic (exact) mass is 584 g/mol. The van der Waals surface area contributed by atoms with E-state index in [1.807, 2.05) is 0 Å². The van der Waals surface area contributed by atoms with Gasteiger partial charge in [0.15, 0.2) is 0 Å². The molecule has 2 amide bonds. The van der Waals surface area contributed by atoms with E-state index in [2.05, 4.69) is 20.6 Å². The smallest absolute Gasteiger partial charge is 0.435 e. The van der Waals surface area contributed by atoms with Gasteiger partial charge in [0, 0.05) is 35.5 Å². The normalized spacial score (nSPS) is 15.5. The van der Waals surface area contributed by atoms with Crippen molar-refractivity contribution in [1.29, 1.82) is 0 Å². The van der Waals surface area contributed by atoms with Gasteiger partial charge in [0.25, 0.3) is 6.33 Å². The quantitative estimate of drug-likeness (QED) is 0.218. The second-order valence-corrected chi connectivity index (χ2v) is 9.54. The number of carbonyl (C=O) groups is 2. The van der Waals surface area contributed by atoms with Crippen LogP contribution in [-0.4, -0.2) is 77.9 Å². The van der Waals surface area contributed by atoms with Crippen LogP contribution in [0.25, 0.3) is 5.69 Å². The Hall–Kier alpha value is -4.99. The SMILES string of the molecule is CCOC(=O)OC[n+]1cnn(C[C@@](O)(c2ccc(F)cc2F)[C@@H](C)N2CCN(c3ccc(-n4cnnn4)cc3)C2=O)c1. The van der Waals surface area contributed by atoms with Crippen LogP contribution in [0.3, 0.4) is 0 Å².